The quantitative estimate of drug-likeness (QED) is 0.431. The molecule has 0 fully saturated rings. The van der Waals surface area contributed by atoms with Crippen LogP contribution in [0, 0.1) is 0 Å². The highest BCUT2D eigenvalue weighted by atomic mass is 35.5. The maximum atomic E-state index is 13.4. The maximum absolute atomic E-state index is 13.4. The molecule has 0 saturated heterocycles. The smallest absolute Gasteiger partial charge is 0.254 e. The van der Waals surface area contributed by atoms with Gasteiger partial charge in [-0.3, -0.25) is 9.48 Å². The standard InChI is InChI=1S/C26H22ClN3O/c1-29-15-22(14-28-29)25-17-30(16-21-5-2-3-8-24(21)25)26(31)19-11-9-18(10-12-19)20-6-4-7-23(27)13-20/h2-15,25H,16-17H2,1H3. The number of aryl methyl sites for hydroxylation is 1. The molecule has 154 valence electrons. The summed E-state index contributed by atoms with van der Waals surface area (Å²) in [7, 11) is 1.92. The number of rotatable bonds is 3. The van der Waals surface area contributed by atoms with Gasteiger partial charge in [0.2, 0.25) is 0 Å². The van der Waals surface area contributed by atoms with Crippen LogP contribution >= 0.6 is 11.6 Å². The van der Waals surface area contributed by atoms with E-state index >= 15 is 0 Å². The van der Waals surface area contributed by atoms with E-state index in [9.17, 15) is 4.79 Å². The van der Waals surface area contributed by atoms with Crippen LogP contribution in [-0.4, -0.2) is 27.1 Å². The minimum Gasteiger partial charge on any atom is -0.333 e. The summed E-state index contributed by atoms with van der Waals surface area (Å²) in [5, 5.41) is 5.04. The molecular formula is C26H22ClN3O. The zero-order valence-electron chi connectivity index (χ0n) is 17.2. The number of halogens is 1. The predicted octanol–water partition coefficient (Wildman–Crippen LogP) is 5.53. The van der Waals surface area contributed by atoms with Gasteiger partial charge in [0.15, 0.2) is 0 Å². The van der Waals surface area contributed by atoms with Crippen LogP contribution in [0.3, 0.4) is 0 Å². The van der Waals surface area contributed by atoms with E-state index in [1.807, 2.05) is 83.6 Å². The SMILES string of the molecule is Cn1cc(C2CN(C(=O)c3ccc(-c4cccc(Cl)c4)cc3)Cc3ccccc32)cn1. The number of carbonyl (C=O) groups is 1. The maximum Gasteiger partial charge on any atom is 0.254 e. The van der Waals surface area contributed by atoms with Crippen LogP contribution in [-0.2, 0) is 13.6 Å². The molecule has 1 aliphatic rings. The molecule has 5 rings (SSSR count). The second kappa shape index (κ2) is 8.05. The fourth-order valence-corrected chi connectivity index (χ4v) is 4.51. The molecule has 1 amide bonds. The number of benzene rings is 3. The van der Waals surface area contributed by atoms with Gasteiger partial charge in [-0.1, -0.05) is 60.1 Å². The molecule has 4 nitrogen and oxygen atoms in total. The first-order valence-corrected chi connectivity index (χ1v) is 10.7. The minimum atomic E-state index is 0.0426. The Bertz CT molecular complexity index is 1250. The predicted molar refractivity (Wildman–Crippen MR) is 123 cm³/mol. The third kappa shape index (κ3) is 3.87. The van der Waals surface area contributed by atoms with Crippen LogP contribution < -0.4 is 0 Å². The van der Waals surface area contributed by atoms with Gasteiger partial charge >= 0.3 is 0 Å². The number of amides is 1. The molecule has 0 radical (unpaired) electrons. The van der Waals surface area contributed by atoms with E-state index in [0.717, 1.165) is 16.7 Å². The summed E-state index contributed by atoms with van der Waals surface area (Å²) < 4.78 is 1.81. The van der Waals surface area contributed by atoms with Crippen molar-refractivity contribution in [3.05, 3.63) is 112 Å². The van der Waals surface area contributed by atoms with E-state index < -0.39 is 0 Å². The van der Waals surface area contributed by atoms with Crippen LogP contribution in [0.5, 0.6) is 0 Å². The van der Waals surface area contributed by atoms with Crippen LogP contribution in [0.25, 0.3) is 11.1 Å². The van der Waals surface area contributed by atoms with Gasteiger partial charge in [-0.2, -0.15) is 5.10 Å². The molecule has 1 atom stereocenters. The topological polar surface area (TPSA) is 38.1 Å². The zero-order chi connectivity index (χ0) is 21.4. The lowest BCUT2D eigenvalue weighted by molar-refractivity contribution is 0.0725. The lowest BCUT2D eigenvalue weighted by Crippen LogP contribution is -2.38. The van der Waals surface area contributed by atoms with Gasteiger partial charge in [-0.25, -0.2) is 0 Å². The molecule has 0 spiro atoms. The van der Waals surface area contributed by atoms with Gasteiger partial charge in [0.1, 0.15) is 0 Å². The molecular weight excluding hydrogens is 406 g/mol. The molecule has 0 bridgehead atoms. The van der Waals surface area contributed by atoms with Gasteiger partial charge in [0, 0.05) is 42.8 Å². The summed E-state index contributed by atoms with van der Waals surface area (Å²) in [6, 6.07) is 23.9. The fraction of sp³-hybridized carbons (Fsp3) is 0.154. The second-order valence-corrected chi connectivity index (χ2v) is 8.41. The lowest BCUT2D eigenvalue weighted by Gasteiger charge is -2.34. The third-order valence-electron chi connectivity index (χ3n) is 5.90. The van der Waals surface area contributed by atoms with Gasteiger partial charge in [0.25, 0.3) is 5.91 Å². The van der Waals surface area contributed by atoms with Gasteiger partial charge < -0.3 is 4.90 Å². The normalized spacial score (nSPS) is 15.5. The van der Waals surface area contributed by atoms with Crippen LogP contribution in [0.4, 0.5) is 0 Å². The Morgan fingerprint density at radius 1 is 1.00 bits per heavy atom. The van der Waals surface area contributed by atoms with Crippen molar-refractivity contribution in [2.75, 3.05) is 6.54 Å². The molecule has 1 unspecified atom stereocenters. The highest BCUT2D eigenvalue weighted by Crippen LogP contribution is 2.34. The van der Waals surface area contributed by atoms with Crippen LogP contribution in [0.1, 0.15) is 33.0 Å². The van der Waals surface area contributed by atoms with Crippen molar-refractivity contribution in [2.24, 2.45) is 7.05 Å². The molecule has 0 aliphatic carbocycles. The van der Waals surface area contributed by atoms with Gasteiger partial charge in [-0.15, -0.1) is 0 Å². The number of carbonyl (C=O) groups excluding carboxylic acids is 1. The van der Waals surface area contributed by atoms with Crippen molar-refractivity contribution in [1.29, 1.82) is 0 Å². The molecule has 5 heteroatoms. The summed E-state index contributed by atoms with van der Waals surface area (Å²) >= 11 is 6.12. The molecule has 1 aliphatic heterocycles. The van der Waals surface area contributed by atoms with E-state index in [0.29, 0.717) is 23.7 Å². The summed E-state index contributed by atoms with van der Waals surface area (Å²) in [4.78, 5) is 15.3. The van der Waals surface area contributed by atoms with Crippen molar-refractivity contribution >= 4 is 17.5 Å². The van der Waals surface area contributed by atoms with Crippen LogP contribution in [0.2, 0.25) is 5.02 Å². The van der Waals surface area contributed by atoms with Crippen molar-refractivity contribution in [3.63, 3.8) is 0 Å². The fourth-order valence-electron chi connectivity index (χ4n) is 4.32. The monoisotopic (exact) mass is 427 g/mol. The number of hydrogen-bond acceptors (Lipinski definition) is 2. The van der Waals surface area contributed by atoms with Crippen LogP contribution in [0.15, 0.2) is 85.2 Å². The molecule has 31 heavy (non-hydrogen) atoms. The highest BCUT2D eigenvalue weighted by Gasteiger charge is 2.30. The zero-order valence-corrected chi connectivity index (χ0v) is 18.0. The van der Waals surface area contributed by atoms with E-state index in [2.05, 4.69) is 23.3 Å². The van der Waals surface area contributed by atoms with Crippen molar-refractivity contribution in [3.8, 4) is 11.1 Å². The average Bonchev–Trinajstić information content (AvgIpc) is 3.24. The Hall–Kier alpha value is -3.37. The Morgan fingerprint density at radius 3 is 2.55 bits per heavy atom. The van der Waals surface area contributed by atoms with E-state index in [-0.39, 0.29) is 11.8 Å². The third-order valence-corrected chi connectivity index (χ3v) is 6.13. The van der Waals surface area contributed by atoms with Crippen molar-refractivity contribution in [1.82, 2.24) is 14.7 Å². The summed E-state index contributed by atoms with van der Waals surface area (Å²) in [5.74, 6) is 0.161. The molecule has 1 aromatic heterocycles. The first-order chi connectivity index (χ1) is 15.1. The molecule has 4 aromatic rings. The average molecular weight is 428 g/mol. The Kier molecular flexibility index (Phi) is 5.08. The van der Waals surface area contributed by atoms with E-state index in [1.54, 1.807) is 0 Å². The molecule has 3 aromatic carbocycles. The van der Waals surface area contributed by atoms with Gasteiger partial charge in [-0.05, 0) is 52.1 Å². The molecule has 0 saturated carbocycles. The van der Waals surface area contributed by atoms with E-state index in [1.165, 1.54) is 11.1 Å². The number of nitrogens with zero attached hydrogens (tertiary/aromatic N) is 3. The Morgan fingerprint density at radius 2 is 1.81 bits per heavy atom. The minimum absolute atomic E-state index is 0.0426. The number of fused-ring (bicyclic) bond motifs is 1. The van der Waals surface area contributed by atoms with Gasteiger partial charge in [0.05, 0.1) is 6.20 Å². The first-order valence-electron chi connectivity index (χ1n) is 10.3. The Labute approximate surface area is 186 Å². The molecule has 2 heterocycles. The summed E-state index contributed by atoms with van der Waals surface area (Å²) in [6.07, 6.45) is 3.93. The largest absolute Gasteiger partial charge is 0.333 e. The van der Waals surface area contributed by atoms with E-state index in [4.69, 9.17) is 11.6 Å². The number of aromatic nitrogens is 2. The highest BCUT2D eigenvalue weighted by molar-refractivity contribution is 6.30. The second-order valence-electron chi connectivity index (χ2n) is 7.97. The molecule has 0 N–H and O–H groups in total. The summed E-state index contributed by atoms with van der Waals surface area (Å²) in [5.41, 5.74) is 6.35. The Balaban J connectivity index is 1.43. The summed E-state index contributed by atoms with van der Waals surface area (Å²) in [6.45, 7) is 1.25. The van der Waals surface area contributed by atoms with Crippen molar-refractivity contribution in [2.45, 2.75) is 12.5 Å². The lowest BCUT2D eigenvalue weighted by atomic mass is 9.86. The first kappa shape index (κ1) is 19.6. The number of hydrogen-bond donors (Lipinski definition) is 0. The van der Waals surface area contributed by atoms with Crippen molar-refractivity contribution < 1.29 is 4.79 Å².